The van der Waals surface area contributed by atoms with Crippen molar-refractivity contribution in [3.63, 3.8) is 0 Å². The second kappa shape index (κ2) is 2.85. The maximum atomic E-state index is 2.38. The van der Waals surface area contributed by atoms with Crippen molar-refractivity contribution in [2.45, 2.75) is 36.7 Å². The van der Waals surface area contributed by atoms with E-state index in [1.165, 1.54) is 19.3 Å². The molecule has 0 radical (unpaired) electrons. The first-order valence-electron chi connectivity index (χ1n) is 4.18. The Kier molecular flexibility index (Phi) is 2.31. The molecular weight excluding hydrogens is 105 g/mol. The molecule has 48 valence electrons. The fraction of sp³-hybridized carbons (Fsp3) is 1.00. The molecule has 0 aromatic rings. The van der Waals surface area contributed by atoms with Crippen LogP contribution in [0.5, 0.6) is 0 Å². The highest BCUT2D eigenvalue weighted by molar-refractivity contribution is 6.18. The lowest BCUT2D eigenvalue weighted by Gasteiger charge is -2.29. The molecule has 1 aliphatic rings. The Morgan fingerprint density at radius 3 is 1.11 bits per heavy atom. The summed E-state index contributed by atoms with van der Waals surface area (Å²) in [5.74, 6) is 2.97. The second-order valence-electron chi connectivity index (χ2n) is 4.02. The molecule has 0 aromatic heterocycles. The largest absolute Gasteiger partial charge is 0.105 e. The van der Waals surface area contributed by atoms with E-state index in [0.717, 1.165) is 17.5 Å². The van der Waals surface area contributed by atoms with Gasteiger partial charge in [0.2, 0.25) is 0 Å². The van der Waals surface area contributed by atoms with Crippen molar-refractivity contribution in [2.24, 2.45) is 0 Å². The Morgan fingerprint density at radius 2 is 0.889 bits per heavy atom. The molecule has 0 atom stereocenters. The van der Waals surface area contributed by atoms with Crippen LogP contribution in [-0.2, 0) is 0 Å². The van der Waals surface area contributed by atoms with Crippen LogP contribution in [0.25, 0.3) is 0 Å². The molecule has 0 nitrogen and oxygen atoms in total. The van der Waals surface area contributed by atoms with Crippen molar-refractivity contribution in [1.29, 1.82) is 0 Å². The zero-order chi connectivity index (χ0) is 6.85. The van der Waals surface area contributed by atoms with Gasteiger partial charge in [0, 0.05) is 0 Å². The van der Waals surface area contributed by atoms with E-state index in [0.29, 0.717) is 0 Å². The van der Waals surface area contributed by atoms with E-state index < -0.39 is 0 Å². The van der Waals surface area contributed by atoms with Gasteiger partial charge in [-0.2, -0.15) is 0 Å². The smallest absolute Gasteiger partial charge is 0.0705 e. The Morgan fingerprint density at radius 1 is 0.667 bits per heavy atom. The highest BCUT2D eigenvalue weighted by atomic mass is 14.2. The van der Waals surface area contributed by atoms with Crippen LogP contribution in [0.4, 0.5) is 0 Å². The lowest BCUT2D eigenvalue weighted by molar-refractivity contribution is 0.504. The molecule has 1 fully saturated rings. The summed E-state index contributed by atoms with van der Waals surface area (Å²) in [6, 6.07) is 0. The highest BCUT2D eigenvalue weighted by Gasteiger charge is 2.19. The molecule has 0 N–H and O–H groups in total. The summed E-state index contributed by atoms with van der Waals surface area (Å²) in [6.45, 7) is 0. The third-order valence-corrected chi connectivity index (χ3v) is 2.41. The fourth-order valence-electron chi connectivity index (χ4n) is 2.35. The maximum absolute atomic E-state index is 2.38. The standard InChI is InChI=1S/C6H15B3/c7-4-1-5(8)3-6(9)2-4/h4-6H,1-3,7-9H2. The van der Waals surface area contributed by atoms with E-state index >= 15 is 0 Å². The normalized spacial score (nSPS) is 44.7. The van der Waals surface area contributed by atoms with Crippen LogP contribution in [0.1, 0.15) is 19.3 Å². The summed E-state index contributed by atoms with van der Waals surface area (Å²) in [6.07, 6.45) is 4.39. The zero-order valence-electron chi connectivity index (χ0n) is 6.85. The van der Waals surface area contributed by atoms with Crippen molar-refractivity contribution >= 4 is 23.5 Å². The summed E-state index contributed by atoms with van der Waals surface area (Å²) in [7, 11) is 7.14. The van der Waals surface area contributed by atoms with Gasteiger partial charge in [-0.3, -0.25) is 0 Å². The van der Waals surface area contributed by atoms with Crippen molar-refractivity contribution in [2.75, 3.05) is 0 Å². The highest BCUT2D eigenvalue weighted by Crippen LogP contribution is 2.38. The lowest BCUT2D eigenvalue weighted by atomic mass is 9.57. The quantitative estimate of drug-likeness (QED) is 0.375. The Hall–Kier alpha value is 0.195. The topological polar surface area (TPSA) is 0 Å². The van der Waals surface area contributed by atoms with E-state index in [4.69, 9.17) is 0 Å². The maximum Gasteiger partial charge on any atom is 0.105 e. The fourth-order valence-corrected chi connectivity index (χ4v) is 2.35. The van der Waals surface area contributed by atoms with Gasteiger partial charge in [-0.05, 0) is 0 Å². The van der Waals surface area contributed by atoms with Gasteiger partial charge in [-0.15, -0.1) is 0 Å². The molecule has 0 bridgehead atoms. The van der Waals surface area contributed by atoms with Crippen LogP contribution in [0.2, 0.25) is 17.5 Å². The molecule has 3 heteroatoms. The zero-order valence-corrected chi connectivity index (χ0v) is 6.85. The summed E-state index contributed by atoms with van der Waals surface area (Å²) < 4.78 is 0. The van der Waals surface area contributed by atoms with Gasteiger partial charge in [0.05, 0.1) is 0 Å². The minimum absolute atomic E-state index is 0.990. The first-order chi connectivity index (χ1) is 4.18. The summed E-state index contributed by atoms with van der Waals surface area (Å²) in [5, 5.41) is 0. The molecule has 1 saturated carbocycles. The Balaban J connectivity index is 2.34. The van der Waals surface area contributed by atoms with E-state index in [9.17, 15) is 0 Å². The van der Waals surface area contributed by atoms with E-state index in [-0.39, 0.29) is 0 Å². The average Bonchev–Trinajstić information content (AvgIpc) is 1.59. The molecular formula is C6H15B3. The van der Waals surface area contributed by atoms with Crippen LogP contribution >= 0.6 is 0 Å². The monoisotopic (exact) mass is 120 g/mol. The van der Waals surface area contributed by atoms with Crippen molar-refractivity contribution < 1.29 is 0 Å². The molecule has 0 unspecified atom stereocenters. The number of hydrogen-bond donors (Lipinski definition) is 0. The molecule has 0 heterocycles. The molecule has 0 aromatic carbocycles. The first kappa shape index (κ1) is 7.30. The van der Waals surface area contributed by atoms with E-state index in [1.807, 2.05) is 0 Å². The van der Waals surface area contributed by atoms with Crippen LogP contribution in [0.3, 0.4) is 0 Å². The van der Waals surface area contributed by atoms with Gasteiger partial charge in [0.1, 0.15) is 23.5 Å². The third kappa shape index (κ3) is 2.11. The van der Waals surface area contributed by atoms with Gasteiger partial charge < -0.3 is 0 Å². The molecule has 0 saturated heterocycles. The predicted octanol–water partition coefficient (Wildman–Crippen LogP) is -0.565. The minimum atomic E-state index is 0.990. The van der Waals surface area contributed by atoms with Crippen molar-refractivity contribution in [1.82, 2.24) is 0 Å². The molecule has 0 aliphatic heterocycles. The minimum Gasteiger partial charge on any atom is -0.0705 e. The number of rotatable bonds is 0. The van der Waals surface area contributed by atoms with E-state index in [2.05, 4.69) is 23.5 Å². The van der Waals surface area contributed by atoms with Crippen LogP contribution in [0.15, 0.2) is 0 Å². The summed E-state index contributed by atoms with van der Waals surface area (Å²) >= 11 is 0. The van der Waals surface area contributed by atoms with Gasteiger partial charge >= 0.3 is 0 Å². The molecule has 1 aliphatic carbocycles. The summed E-state index contributed by atoms with van der Waals surface area (Å²) in [4.78, 5) is 0. The first-order valence-corrected chi connectivity index (χ1v) is 4.18. The lowest BCUT2D eigenvalue weighted by Crippen LogP contribution is -2.12. The second-order valence-corrected chi connectivity index (χ2v) is 4.02. The van der Waals surface area contributed by atoms with Crippen LogP contribution in [-0.4, -0.2) is 23.5 Å². The van der Waals surface area contributed by atoms with Crippen LogP contribution < -0.4 is 0 Å². The Bertz CT molecular complexity index is 69.3. The average molecular weight is 120 g/mol. The van der Waals surface area contributed by atoms with Gasteiger partial charge in [0.15, 0.2) is 0 Å². The Labute approximate surface area is 61.0 Å². The van der Waals surface area contributed by atoms with Gasteiger partial charge in [-0.25, -0.2) is 0 Å². The summed E-state index contributed by atoms with van der Waals surface area (Å²) in [5.41, 5.74) is 0. The predicted molar refractivity (Wildman–Crippen MR) is 50.7 cm³/mol. The van der Waals surface area contributed by atoms with E-state index in [1.54, 1.807) is 0 Å². The van der Waals surface area contributed by atoms with Gasteiger partial charge in [-0.1, -0.05) is 36.7 Å². The van der Waals surface area contributed by atoms with Crippen LogP contribution in [0, 0.1) is 0 Å². The molecule has 1 rings (SSSR count). The molecule has 0 amide bonds. The number of hydrogen-bond acceptors (Lipinski definition) is 0. The van der Waals surface area contributed by atoms with Crippen molar-refractivity contribution in [3.05, 3.63) is 0 Å². The SMILES string of the molecule is BC1CC(B)CC(B)C1. The molecule has 9 heavy (non-hydrogen) atoms. The van der Waals surface area contributed by atoms with Crippen molar-refractivity contribution in [3.8, 4) is 0 Å². The molecule has 0 spiro atoms. The van der Waals surface area contributed by atoms with Gasteiger partial charge in [0.25, 0.3) is 0 Å². The third-order valence-electron chi connectivity index (χ3n) is 2.41.